The Morgan fingerprint density at radius 2 is 1.86 bits per heavy atom. The monoisotopic (exact) mass is 445 g/mol. The number of anilines is 2. The van der Waals surface area contributed by atoms with E-state index in [0.717, 1.165) is 36.5 Å². The molecular formula is C21H24BrN3O3. The minimum absolute atomic E-state index is 0.00701. The first-order chi connectivity index (χ1) is 13.6. The molecule has 3 rings (SSSR count). The molecule has 1 N–H and O–H groups in total. The van der Waals surface area contributed by atoms with E-state index < -0.39 is 0 Å². The molecule has 2 amide bonds. The maximum atomic E-state index is 12.6. The number of hydrogen-bond donors (Lipinski definition) is 1. The van der Waals surface area contributed by atoms with E-state index in [4.69, 9.17) is 4.74 Å². The molecule has 0 atom stereocenters. The van der Waals surface area contributed by atoms with Gasteiger partial charge in [0.25, 0.3) is 5.91 Å². The van der Waals surface area contributed by atoms with Crippen LogP contribution in [0.4, 0.5) is 11.4 Å². The Bertz CT molecular complexity index is 820. The zero-order valence-electron chi connectivity index (χ0n) is 15.9. The van der Waals surface area contributed by atoms with Crippen molar-refractivity contribution in [2.45, 2.75) is 6.92 Å². The third-order valence-corrected chi connectivity index (χ3v) is 5.10. The first-order valence-electron chi connectivity index (χ1n) is 9.34. The number of morpholine rings is 1. The largest absolute Gasteiger partial charge is 0.378 e. The van der Waals surface area contributed by atoms with Crippen molar-refractivity contribution in [2.75, 3.05) is 49.6 Å². The molecule has 7 heteroatoms. The maximum absolute atomic E-state index is 12.6. The van der Waals surface area contributed by atoms with Gasteiger partial charge in [-0.05, 0) is 49.4 Å². The molecule has 2 aromatic rings. The summed E-state index contributed by atoms with van der Waals surface area (Å²) in [7, 11) is 0. The van der Waals surface area contributed by atoms with Crippen molar-refractivity contribution < 1.29 is 14.3 Å². The van der Waals surface area contributed by atoms with Crippen LogP contribution in [0.15, 0.2) is 53.0 Å². The van der Waals surface area contributed by atoms with Crippen LogP contribution in [0, 0.1) is 0 Å². The van der Waals surface area contributed by atoms with Gasteiger partial charge >= 0.3 is 0 Å². The van der Waals surface area contributed by atoms with Gasteiger partial charge in [-0.15, -0.1) is 0 Å². The Balaban J connectivity index is 1.58. The number of carbonyl (C=O) groups is 2. The van der Waals surface area contributed by atoms with E-state index in [1.807, 2.05) is 37.3 Å². The van der Waals surface area contributed by atoms with Crippen molar-refractivity contribution in [2.24, 2.45) is 0 Å². The van der Waals surface area contributed by atoms with E-state index in [0.29, 0.717) is 17.8 Å². The number of halogens is 1. The zero-order valence-corrected chi connectivity index (χ0v) is 17.4. The summed E-state index contributed by atoms with van der Waals surface area (Å²) in [6.45, 7) is 5.53. The minimum atomic E-state index is -0.218. The van der Waals surface area contributed by atoms with Gasteiger partial charge < -0.3 is 19.9 Å². The van der Waals surface area contributed by atoms with Crippen molar-refractivity contribution in [3.8, 4) is 0 Å². The third kappa shape index (κ3) is 5.33. The molecule has 1 aliphatic heterocycles. The number of nitrogens with one attached hydrogen (secondary N) is 1. The Morgan fingerprint density at radius 3 is 2.50 bits per heavy atom. The molecule has 0 radical (unpaired) electrons. The molecule has 0 unspecified atom stereocenters. The Hall–Kier alpha value is -2.38. The van der Waals surface area contributed by atoms with Crippen LogP contribution in [0.1, 0.15) is 17.3 Å². The molecule has 28 heavy (non-hydrogen) atoms. The van der Waals surface area contributed by atoms with Crippen molar-refractivity contribution in [3.63, 3.8) is 0 Å². The van der Waals surface area contributed by atoms with Crippen LogP contribution in [0.25, 0.3) is 0 Å². The summed E-state index contributed by atoms with van der Waals surface area (Å²) >= 11 is 3.37. The van der Waals surface area contributed by atoms with Gasteiger partial charge in [-0.3, -0.25) is 9.59 Å². The molecule has 1 heterocycles. The fourth-order valence-corrected chi connectivity index (χ4v) is 3.48. The molecule has 0 spiro atoms. The molecule has 1 fully saturated rings. The number of ether oxygens (including phenoxy) is 1. The van der Waals surface area contributed by atoms with Crippen molar-refractivity contribution >= 4 is 39.1 Å². The topological polar surface area (TPSA) is 61.9 Å². The van der Waals surface area contributed by atoms with E-state index in [2.05, 4.69) is 26.1 Å². The predicted octanol–water partition coefficient (Wildman–Crippen LogP) is 3.39. The number of likely N-dealkylation sites (N-methyl/N-ethyl adjacent to an activating group) is 1. The molecule has 6 nitrogen and oxygen atoms in total. The van der Waals surface area contributed by atoms with Crippen LogP contribution >= 0.6 is 15.9 Å². The summed E-state index contributed by atoms with van der Waals surface area (Å²) in [6, 6.07) is 14.9. The molecular weight excluding hydrogens is 422 g/mol. The lowest BCUT2D eigenvalue weighted by atomic mass is 10.2. The number of benzene rings is 2. The van der Waals surface area contributed by atoms with E-state index >= 15 is 0 Å². The normalized spacial score (nSPS) is 13.9. The van der Waals surface area contributed by atoms with E-state index in [-0.39, 0.29) is 18.4 Å². The SMILES string of the molecule is CCN(CC(=O)Nc1ccc(N2CCOCC2)cc1)C(=O)c1cccc(Br)c1. The summed E-state index contributed by atoms with van der Waals surface area (Å²) in [5, 5.41) is 2.87. The second-order valence-electron chi connectivity index (χ2n) is 6.52. The van der Waals surface area contributed by atoms with Gasteiger partial charge in [0.2, 0.25) is 5.91 Å². The molecule has 0 saturated carbocycles. The number of carbonyl (C=O) groups excluding carboxylic acids is 2. The fraction of sp³-hybridized carbons (Fsp3) is 0.333. The van der Waals surface area contributed by atoms with Crippen molar-refractivity contribution in [1.29, 1.82) is 0 Å². The second-order valence-corrected chi connectivity index (χ2v) is 7.44. The lowest BCUT2D eigenvalue weighted by Crippen LogP contribution is -2.38. The average Bonchev–Trinajstić information content (AvgIpc) is 2.72. The van der Waals surface area contributed by atoms with Gasteiger partial charge in [0.05, 0.1) is 13.2 Å². The predicted molar refractivity (Wildman–Crippen MR) is 114 cm³/mol. The molecule has 1 aliphatic rings. The highest BCUT2D eigenvalue weighted by atomic mass is 79.9. The highest BCUT2D eigenvalue weighted by molar-refractivity contribution is 9.10. The number of hydrogen-bond acceptors (Lipinski definition) is 4. The summed E-state index contributed by atoms with van der Waals surface area (Å²) in [5.41, 5.74) is 2.38. The smallest absolute Gasteiger partial charge is 0.254 e. The molecule has 148 valence electrons. The van der Waals surface area contributed by atoms with Gasteiger partial charge in [-0.1, -0.05) is 22.0 Å². The molecule has 2 aromatic carbocycles. The van der Waals surface area contributed by atoms with Crippen LogP contribution in [0.5, 0.6) is 0 Å². The maximum Gasteiger partial charge on any atom is 0.254 e. The Labute approximate surface area is 173 Å². The molecule has 0 bridgehead atoms. The molecule has 1 saturated heterocycles. The average molecular weight is 446 g/mol. The lowest BCUT2D eigenvalue weighted by molar-refractivity contribution is -0.116. The van der Waals surface area contributed by atoms with Gasteiger partial charge in [-0.2, -0.15) is 0 Å². The van der Waals surface area contributed by atoms with Gasteiger partial charge in [0.15, 0.2) is 0 Å². The highest BCUT2D eigenvalue weighted by Gasteiger charge is 2.18. The van der Waals surface area contributed by atoms with Crippen LogP contribution in [0.2, 0.25) is 0 Å². The quantitative estimate of drug-likeness (QED) is 0.739. The standard InChI is InChI=1S/C21H24BrN3O3/c1-2-24(21(27)16-4-3-5-17(22)14-16)15-20(26)23-18-6-8-19(9-7-18)25-10-12-28-13-11-25/h3-9,14H,2,10-13,15H2,1H3,(H,23,26). The van der Waals surface area contributed by atoms with Crippen molar-refractivity contribution in [1.82, 2.24) is 4.90 Å². The fourth-order valence-electron chi connectivity index (χ4n) is 3.08. The summed E-state index contributed by atoms with van der Waals surface area (Å²) in [6.07, 6.45) is 0. The summed E-state index contributed by atoms with van der Waals surface area (Å²) in [5.74, 6) is -0.383. The zero-order chi connectivity index (χ0) is 19.9. The molecule has 0 aromatic heterocycles. The lowest BCUT2D eigenvalue weighted by Gasteiger charge is -2.29. The Morgan fingerprint density at radius 1 is 1.14 bits per heavy atom. The van der Waals surface area contributed by atoms with E-state index in [9.17, 15) is 9.59 Å². The van der Waals surface area contributed by atoms with Gasteiger partial charge in [-0.25, -0.2) is 0 Å². The second kappa shape index (κ2) is 9.71. The van der Waals surface area contributed by atoms with Crippen LogP contribution in [0.3, 0.4) is 0 Å². The van der Waals surface area contributed by atoms with E-state index in [1.165, 1.54) is 4.90 Å². The first kappa shape index (κ1) is 20.4. The van der Waals surface area contributed by atoms with Gasteiger partial charge in [0, 0.05) is 41.0 Å². The van der Waals surface area contributed by atoms with Gasteiger partial charge in [0.1, 0.15) is 6.54 Å². The number of rotatable bonds is 6. The van der Waals surface area contributed by atoms with Crippen molar-refractivity contribution in [3.05, 3.63) is 58.6 Å². The van der Waals surface area contributed by atoms with Crippen LogP contribution in [-0.2, 0) is 9.53 Å². The first-order valence-corrected chi connectivity index (χ1v) is 10.1. The van der Waals surface area contributed by atoms with Crippen LogP contribution in [-0.4, -0.2) is 56.1 Å². The number of amides is 2. The van der Waals surface area contributed by atoms with E-state index in [1.54, 1.807) is 18.2 Å². The summed E-state index contributed by atoms with van der Waals surface area (Å²) in [4.78, 5) is 28.9. The third-order valence-electron chi connectivity index (χ3n) is 4.60. The van der Waals surface area contributed by atoms with Crippen LogP contribution < -0.4 is 10.2 Å². The highest BCUT2D eigenvalue weighted by Crippen LogP contribution is 2.19. The Kier molecular flexibility index (Phi) is 7.06. The number of nitrogens with zero attached hydrogens (tertiary/aromatic N) is 2. The molecule has 0 aliphatic carbocycles. The minimum Gasteiger partial charge on any atom is -0.378 e. The summed E-state index contributed by atoms with van der Waals surface area (Å²) < 4.78 is 6.20.